The molecule has 34 heavy (non-hydrogen) atoms. The maximum absolute atomic E-state index is 12.5. The van der Waals surface area contributed by atoms with Crippen molar-refractivity contribution in [1.82, 2.24) is 20.3 Å². The largest absolute Gasteiger partial charge is 0.493 e. The number of thiazole rings is 1. The average Bonchev–Trinajstić information content (AvgIpc) is 3.36. The van der Waals surface area contributed by atoms with Gasteiger partial charge in [-0.1, -0.05) is 30.3 Å². The van der Waals surface area contributed by atoms with Gasteiger partial charge in [0.2, 0.25) is 5.88 Å². The Kier molecular flexibility index (Phi) is 7.67. The van der Waals surface area contributed by atoms with Crippen LogP contribution in [0.15, 0.2) is 66.3 Å². The van der Waals surface area contributed by atoms with Gasteiger partial charge in [0, 0.05) is 30.0 Å². The van der Waals surface area contributed by atoms with Crippen molar-refractivity contribution in [3.63, 3.8) is 0 Å². The van der Waals surface area contributed by atoms with E-state index in [-0.39, 0.29) is 11.6 Å². The van der Waals surface area contributed by atoms with Crippen molar-refractivity contribution in [3.05, 3.63) is 83.3 Å². The van der Waals surface area contributed by atoms with E-state index in [4.69, 9.17) is 14.2 Å². The first-order valence-corrected chi connectivity index (χ1v) is 11.5. The third-order valence-corrected chi connectivity index (χ3v) is 5.89. The number of methoxy groups -OCH3 is 2. The van der Waals surface area contributed by atoms with Gasteiger partial charge >= 0.3 is 0 Å². The molecular formula is C25H24N4O4S. The van der Waals surface area contributed by atoms with Gasteiger partial charge in [-0.15, -0.1) is 11.3 Å². The zero-order valence-electron chi connectivity index (χ0n) is 18.9. The summed E-state index contributed by atoms with van der Waals surface area (Å²) in [6.07, 6.45) is 1.92. The number of hydrogen-bond donors (Lipinski definition) is 1. The summed E-state index contributed by atoms with van der Waals surface area (Å²) < 4.78 is 16.3. The normalized spacial score (nSPS) is 10.5. The molecule has 174 valence electrons. The van der Waals surface area contributed by atoms with E-state index < -0.39 is 0 Å². The summed E-state index contributed by atoms with van der Waals surface area (Å²) in [5, 5.41) is 5.73. The number of ether oxygens (including phenoxy) is 3. The van der Waals surface area contributed by atoms with Crippen LogP contribution in [-0.2, 0) is 13.0 Å². The SMILES string of the molecule is COc1ccc(-c2nc(CCNC(=O)c3cc(OCc4ccccc4)ncn3)cs2)cc1OC. The maximum Gasteiger partial charge on any atom is 0.270 e. The molecule has 0 atom stereocenters. The first-order chi connectivity index (χ1) is 16.7. The summed E-state index contributed by atoms with van der Waals surface area (Å²) >= 11 is 1.54. The highest BCUT2D eigenvalue weighted by atomic mass is 32.1. The zero-order valence-corrected chi connectivity index (χ0v) is 19.7. The molecule has 2 aromatic heterocycles. The molecular weight excluding hydrogens is 452 g/mol. The molecule has 9 heteroatoms. The lowest BCUT2D eigenvalue weighted by Gasteiger charge is -2.08. The number of rotatable bonds is 10. The lowest BCUT2D eigenvalue weighted by Crippen LogP contribution is -2.26. The number of hydrogen-bond acceptors (Lipinski definition) is 8. The number of aromatic nitrogens is 3. The van der Waals surface area contributed by atoms with Crippen molar-refractivity contribution in [1.29, 1.82) is 0 Å². The average molecular weight is 477 g/mol. The van der Waals surface area contributed by atoms with Crippen molar-refractivity contribution in [2.24, 2.45) is 0 Å². The molecule has 8 nitrogen and oxygen atoms in total. The minimum Gasteiger partial charge on any atom is -0.493 e. The number of amides is 1. The van der Waals surface area contributed by atoms with E-state index in [9.17, 15) is 4.79 Å². The predicted octanol–water partition coefficient (Wildman–Crippen LogP) is 4.17. The minimum absolute atomic E-state index is 0.252. The third-order valence-electron chi connectivity index (χ3n) is 4.95. The van der Waals surface area contributed by atoms with Crippen molar-refractivity contribution in [2.75, 3.05) is 20.8 Å². The summed E-state index contributed by atoms with van der Waals surface area (Å²) in [4.78, 5) is 25.3. The molecule has 0 aliphatic heterocycles. The molecule has 0 spiro atoms. The van der Waals surface area contributed by atoms with E-state index in [1.54, 1.807) is 14.2 Å². The summed E-state index contributed by atoms with van der Waals surface area (Å²) in [6.45, 7) is 0.795. The van der Waals surface area contributed by atoms with Crippen LogP contribution in [0.2, 0.25) is 0 Å². The molecule has 0 saturated heterocycles. The van der Waals surface area contributed by atoms with E-state index in [0.717, 1.165) is 21.8 Å². The molecule has 0 unspecified atom stereocenters. The highest BCUT2D eigenvalue weighted by Gasteiger charge is 2.12. The Morgan fingerprint density at radius 3 is 2.62 bits per heavy atom. The molecule has 0 aliphatic rings. The molecule has 0 saturated carbocycles. The zero-order chi connectivity index (χ0) is 23.8. The van der Waals surface area contributed by atoms with Crippen molar-refractivity contribution < 1.29 is 19.0 Å². The minimum atomic E-state index is -0.290. The van der Waals surface area contributed by atoms with Crippen LogP contribution in [0, 0.1) is 0 Å². The van der Waals surface area contributed by atoms with Crippen LogP contribution in [0.5, 0.6) is 17.4 Å². The van der Waals surface area contributed by atoms with E-state index in [2.05, 4.69) is 20.3 Å². The Morgan fingerprint density at radius 2 is 1.82 bits per heavy atom. The van der Waals surface area contributed by atoms with Gasteiger partial charge in [0.1, 0.15) is 23.6 Å². The molecule has 4 aromatic rings. The van der Waals surface area contributed by atoms with Crippen LogP contribution in [0.25, 0.3) is 10.6 Å². The maximum atomic E-state index is 12.5. The fraction of sp³-hybridized carbons (Fsp3) is 0.200. The van der Waals surface area contributed by atoms with Crippen molar-refractivity contribution in [3.8, 4) is 28.0 Å². The Labute approximate surface area is 201 Å². The molecule has 0 aliphatic carbocycles. The lowest BCUT2D eigenvalue weighted by atomic mass is 10.2. The summed E-state index contributed by atoms with van der Waals surface area (Å²) in [6, 6.07) is 17.0. The summed E-state index contributed by atoms with van der Waals surface area (Å²) in [5.74, 6) is 1.38. The highest BCUT2D eigenvalue weighted by Crippen LogP contribution is 2.33. The van der Waals surface area contributed by atoms with Gasteiger partial charge < -0.3 is 19.5 Å². The molecule has 2 aromatic carbocycles. The second-order valence-electron chi connectivity index (χ2n) is 7.24. The second-order valence-corrected chi connectivity index (χ2v) is 8.09. The van der Waals surface area contributed by atoms with Gasteiger partial charge in [-0.05, 0) is 23.8 Å². The van der Waals surface area contributed by atoms with Gasteiger partial charge in [-0.3, -0.25) is 4.79 Å². The standard InChI is InChI=1S/C25H24N4O4S/c1-31-21-9-8-18(12-22(21)32-2)25-29-19(15-34-25)10-11-26-24(30)20-13-23(28-16-27-20)33-14-17-6-4-3-5-7-17/h3-9,12-13,15-16H,10-11,14H2,1-2H3,(H,26,30). The lowest BCUT2D eigenvalue weighted by molar-refractivity contribution is 0.0948. The topological polar surface area (TPSA) is 95.5 Å². The third kappa shape index (κ3) is 5.87. The molecule has 0 fully saturated rings. The highest BCUT2D eigenvalue weighted by molar-refractivity contribution is 7.13. The van der Waals surface area contributed by atoms with Crippen LogP contribution in [0.3, 0.4) is 0 Å². The van der Waals surface area contributed by atoms with Gasteiger partial charge in [0.15, 0.2) is 11.5 Å². The summed E-state index contributed by atoms with van der Waals surface area (Å²) in [5.41, 5.74) is 3.11. The molecule has 1 N–H and O–H groups in total. The molecule has 4 rings (SSSR count). The van der Waals surface area contributed by atoms with Gasteiger partial charge in [-0.25, -0.2) is 15.0 Å². The Morgan fingerprint density at radius 1 is 1.00 bits per heavy atom. The van der Waals surface area contributed by atoms with Crippen LogP contribution in [0.1, 0.15) is 21.7 Å². The Bertz CT molecular complexity index is 1250. The van der Waals surface area contributed by atoms with Crippen LogP contribution in [-0.4, -0.2) is 41.6 Å². The van der Waals surface area contributed by atoms with E-state index in [0.29, 0.717) is 37.0 Å². The number of nitrogens with zero attached hydrogens (tertiary/aromatic N) is 3. The molecule has 1 amide bonds. The van der Waals surface area contributed by atoms with Crippen molar-refractivity contribution in [2.45, 2.75) is 13.0 Å². The number of carbonyl (C=O) groups is 1. The smallest absolute Gasteiger partial charge is 0.270 e. The van der Waals surface area contributed by atoms with Gasteiger partial charge in [0.25, 0.3) is 5.91 Å². The fourth-order valence-corrected chi connectivity index (χ4v) is 4.04. The quantitative estimate of drug-likeness (QED) is 0.367. The number of carbonyl (C=O) groups excluding carboxylic acids is 1. The second kappa shape index (κ2) is 11.2. The molecule has 2 heterocycles. The van der Waals surface area contributed by atoms with E-state index >= 15 is 0 Å². The van der Waals surface area contributed by atoms with Gasteiger partial charge in [0.05, 0.1) is 19.9 Å². The number of benzene rings is 2. The Hall–Kier alpha value is -3.98. The first-order valence-electron chi connectivity index (χ1n) is 10.6. The van der Waals surface area contributed by atoms with E-state index in [1.807, 2.05) is 53.9 Å². The van der Waals surface area contributed by atoms with Crippen molar-refractivity contribution >= 4 is 17.2 Å². The fourth-order valence-electron chi connectivity index (χ4n) is 3.19. The Balaban J connectivity index is 1.30. The van der Waals surface area contributed by atoms with Gasteiger partial charge in [-0.2, -0.15) is 0 Å². The first kappa shape index (κ1) is 23.2. The van der Waals surface area contributed by atoms with Crippen LogP contribution < -0.4 is 19.5 Å². The molecule has 0 bridgehead atoms. The summed E-state index contributed by atoms with van der Waals surface area (Å²) in [7, 11) is 3.21. The number of nitrogens with one attached hydrogen (secondary N) is 1. The predicted molar refractivity (Wildman–Crippen MR) is 129 cm³/mol. The van der Waals surface area contributed by atoms with Crippen LogP contribution >= 0.6 is 11.3 Å². The monoisotopic (exact) mass is 476 g/mol. The van der Waals surface area contributed by atoms with E-state index in [1.165, 1.54) is 23.7 Å². The molecule has 0 radical (unpaired) electrons. The van der Waals surface area contributed by atoms with Crippen LogP contribution in [0.4, 0.5) is 0 Å².